The molecule has 0 unspecified atom stereocenters. The summed E-state index contributed by atoms with van der Waals surface area (Å²) in [5.74, 6) is 0. The molecule has 0 radical (unpaired) electrons. The topological polar surface area (TPSA) is 12.0 Å². The Balaban J connectivity index is 2.14. The van der Waals surface area contributed by atoms with Gasteiger partial charge in [0.25, 0.3) is 0 Å². The van der Waals surface area contributed by atoms with Gasteiger partial charge in [0, 0.05) is 0 Å². The molecule has 0 amide bonds. The van der Waals surface area contributed by atoms with Crippen molar-refractivity contribution < 1.29 is 0 Å². The standard InChI is InChI=1S/C8H13N/c1-9-7-6-8-4-2-3-5-8/h2-4,9H,5-7H2,1H3. The minimum atomic E-state index is 1.10. The van der Waals surface area contributed by atoms with E-state index in [1.54, 1.807) is 5.57 Å². The van der Waals surface area contributed by atoms with E-state index in [1.165, 1.54) is 12.8 Å². The molecule has 50 valence electrons. The molecule has 0 aliphatic heterocycles. The molecule has 1 rings (SSSR count). The molecule has 0 saturated heterocycles. The van der Waals surface area contributed by atoms with Crippen LogP contribution in [0.5, 0.6) is 0 Å². The monoisotopic (exact) mass is 123 g/mol. The number of allylic oxidation sites excluding steroid dienone is 3. The van der Waals surface area contributed by atoms with E-state index in [4.69, 9.17) is 0 Å². The lowest BCUT2D eigenvalue weighted by molar-refractivity contribution is 0.778. The van der Waals surface area contributed by atoms with Gasteiger partial charge in [-0.25, -0.2) is 0 Å². The SMILES string of the molecule is CNCCC1=CC=CC1. The largest absolute Gasteiger partial charge is 0.319 e. The average Bonchev–Trinajstić information content (AvgIpc) is 2.34. The number of rotatable bonds is 3. The maximum Gasteiger partial charge on any atom is -0.00144 e. The van der Waals surface area contributed by atoms with Crippen LogP contribution in [-0.4, -0.2) is 13.6 Å². The van der Waals surface area contributed by atoms with Gasteiger partial charge in [0.05, 0.1) is 0 Å². The first-order valence-electron chi connectivity index (χ1n) is 3.42. The molecular weight excluding hydrogens is 110 g/mol. The minimum absolute atomic E-state index is 1.10. The van der Waals surface area contributed by atoms with Gasteiger partial charge in [-0.3, -0.25) is 0 Å². The van der Waals surface area contributed by atoms with Crippen molar-refractivity contribution in [3.63, 3.8) is 0 Å². The molecule has 0 aromatic rings. The third kappa shape index (κ3) is 2.02. The van der Waals surface area contributed by atoms with Crippen molar-refractivity contribution in [2.75, 3.05) is 13.6 Å². The molecule has 0 heterocycles. The van der Waals surface area contributed by atoms with Crippen LogP contribution < -0.4 is 5.32 Å². The highest BCUT2D eigenvalue weighted by Crippen LogP contribution is 2.12. The van der Waals surface area contributed by atoms with Crippen molar-refractivity contribution in [3.05, 3.63) is 23.8 Å². The summed E-state index contributed by atoms with van der Waals surface area (Å²) in [7, 11) is 1.99. The average molecular weight is 123 g/mol. The maximum atomic E-state index is 3.13. The van der Waals surface area contributed by atoms with Crippen molar-refractivity contribution in [3.8, 4) is 0 Å². The van der Waals surface area contributed by atoms with Crippen LogP contribution in [0.1, 0.15) is 12.8 Å². The summed E-state index contributed by atoms with van der Waals surface area (Å²) in [5.41, 5.74) is 1.55. The molecule has 0 aromatic carbocycles. The van der Waals surface area contributed by atoms with E-state index in [2.05, 4.69) is 23.5 Å². The Hall–Kier alpha value is -0.560. The van der Waals surface area contributed by atoms with E-state index in [1.807, 2.05) is 7.05 Å². The smallest absolute Gasteiger partial charge is 0.00144 e. The molecule has 0 atom stereocenters. The van der Waals surface area contributed by atoms with Gasteiger partial charge in [0.2, 0.25) is 0 Å². The Bertz CT molecular complexity index is 134. The van der Waals surface area contributed by atoms with Crippen LogP contribution in [0.3, 0.4) is 0 Å². The van der Waals surface area contributed by atoms with Crippen LogP contribution in [0, 0.1) is 0 Å². The zero-order valence-corrected chi connectivity index (χ0v) is 5.85. The summed E-state index contributed by atoms with van der Waals surface area (Å²) in [6.45, 7) is 1.10. The van der Waals surface area contributed by atoms with Crippen LogP contribution in [0.25, 0.3) is 0 Å². The van der Waals surface area contributed by atoms with Gasteiger partial charge in [-0.1, -0.05) is 23.8 Å². The molecular formula is C8H13N. The Morgan fingerprint density at radius 2 is 2.56 bits per heavy atom. The molecule has 0 fully saturated rings. The van der Waals surface area contributed by atoms with Crippen LogP contribution in [0.4, 0.5) is 0 Å². The molecule has 0 spiro atoms. The highest BCUT2D eigenvalue weighted by atomic mass is 14.8. The van der Waals surface area contributed by atoms with Crippen LogP contribution >= 0.6 is 0 Å². The Morgan fingerprint density at radius 3 is 3.11 bits per heavy atom. The molecule has 0 saturated carbocycles. The molecule has 1 heteroatoms. The Morgan fingerprint density at radius 1 is 1.67 bits per heavy atom. The van der Waals surface area contributed by atoms with Gasteiger partial charge >= 0.3 is 0 Å². The Kier molecular flexibility index (Phi) is 2.52. The molecule has 1 N–H and O–H groups in total. The van der Waals surface area contributed by atoms with Gasteiger partial charge < -0.3 is 5.32 Å². The first kappa shape index (κ1) is 6.56. The van der Waals surface area contributed by atoms with Gasteiger partial charge in [-0.2, -0.15) is 0 Å². The van der Waals surface area contributed by atoms with Crippen LogP contribution in [0.2, 0.25) is 0 Å². The third-order valence-electron chi connectivity index (χ3n) is 1.54. The second-order valence-corrected chi connectivity index (χ2v) is 2.31. The summed E-state index contributed by atoms with van der Waals surface area (Å²) >= 11 is 0. The number of hydrogen-bond acceptors (Lipinski definition) is 1. The first-order chi connectivity index (χ1) is 4.43. The Labute approximate surface area is 56.5 Å². The molecule has 0 bridgehead atoms. The summed E-state index contributed by atoms with van der Waals surface area (Å²) in [6.07, 6.45) is 8.90. The quantitative estimate of drug-likeness (QED) is 0.599. The van der Waals surface area contributed by atoms with Gasteiger partial charge in [-0.15, -0.1) is 0 Å². The molecule has 1 aliphatic carbocycles. The van der Waals surface area contributed by atoms with Gasteiger partial charge in [-0.05, 0) is 26.4 Å². The zero-order chi connectivity index (χ0) is 6.53. The van der Waals surface area contributed by atoms with E-state index in [-0.39, 0.29) is 0 Å². The lowest BCUT2D eigenvalue weighted by Crippen LogP contribution is -2.07. The van der Waals surface area contributed by atoms with E-state index in [9.17, 15) is 0 Å². The lowest BCUT2D eigenvalue weighted by atomic mass is 10.2. The van der Waals surface area contributed by atoms with Crippen molar-refractivity contribution >= 4 is 0 Å². The highest BCUT2D eigenvalue weighted by molar-refractivity contribution is 5.22. The van der Waals surface area contributed by atoms with E-state index in [0.717, 1.165) is 6.54 Å². The van der Waals surface area contributed by atoms with Crippen molar-refractivity contribution in [1.82, 2.24) is 5.32 Å². The lowest BCUT2D eigenvalue weighted by Gasteiger charge is -1.98. The molecule has 1 nitrogen and oxygen atoms in total. The van der Waals surface area contributed by atoms with Crippen LogP contribution in [0.15, 0.2) is 23.8 Å². The predicted octanol–water partition coefficient (Wildman–Crippen LogP) is 1.48. The zero-order valence-electron chi connectivity index (χ0n) is 5.85. The summed E-state index contributed by atoms with van der Waals surface area (Å²) in [6, 6.07) is 0. The first-order valence-corrected chi connectivity index (χ1v) is 3.42. The summed E-state index contributed by atoms with van der Waals surface area (Å²) < 4.78 is 0. The minimum Gasteiger partial charge on any atom is -0.319 e. The van der Waals surface area contributed by atoms with Crippen molar-refractivity contribution in [1.29, 1.82) is 0 Å². The maximum absolute atomic E-state index is 3.13. The van der Waals surface area contributed by atoms with E-state index < -0.39 is 0 Å². The van der Waals surface area contributed by atoms with E-state index >= 15 is 0 Å². The van der Waals surface area contributed by atoms with Crippen LogP contribution in [-0.2, 0) is 0 Å². The normalized spacial score (nSPS) is 16.3. The fourth-order valence-electron chi connectivity index (χ4n) is 0.963. The van der Waals surface area contributed by atoms with Crippen molar-refractivity contribution in [2.45, 2.75) is 12.8 Å². The van der Waals surface area contributed by atoms with E-state index in [0.29, 0.717) is 0 Å². The van der Waals surface area contributed by atoms with Gasteiger partial charge in [0.1, 0.15) is 0 Å². The molecule has 9 heavy (non-hydrogen) atoms. The third-order valence-corrected chi connectivity index (χ3v) is 1.54. The summed E-state index contributed by atoms with van der Waals surface area (Å²) in [5, 5.41) is 3.13. The fraction of sp³-hybridized carbons (Fsp3) is 0.500. The molecule has 1 aliphatic rings. The highest BCUT2D eigenvalue weighted by Gasteiger charge is 1.96. The number of hydrogen-bond donors (Lipinski definition) is 1. The fourth-order valence-corrected chi connectivity index (χ4v) is 0.963. The number of nitrogens with one attached hydrogen (secondary N) is 1. The summed E-state index contributed by atoms with van der Waals surface area (Å²) in [4.78, 5) is 0. The van der Waals surface area contributed by atoms with Gasteiger partial charge in [0.15, 0.2) is 0 Å². The van der Waals surface area contributed by atoms with Crippen molar-refractivity contribution in [2.24, 2.45) is 0 Å². The second kappa shape index (κ2) is 3.46. The predicted molar refractivity (Wildman–Crippen MR) is 40.4 cm³/mol. The second-order valence-electron chi connectivity index (χ2n) is 2.31. The molecule has 0 aromatic heterocycles.